The number of hydrogen-bond acceptors (Lipinski definition) is 6. The first-order chi connectivity index (χ1) is 17.8. The van der Waals surface area contributed by atoms with Crippen molar-refractivity contribution in [2.24, 2.45) is 17.8 Å². The third-order valence-corrected chi connectivity index (χ3v) is 10.3. The summed E-state index contributed by atoms with van der Waals surface area (Å²) >= 11 is 1.56. The second kappa shape index (κ2) is 9.83. The highest BCUT2D eigenvalue weighted by molar-refractivity contribution is 8.02. The Morgan fingerprint density at radius 2 is 1.84 bits per heavy atom. The molecule has 0 bridgehead atoms. The molecular weight excluding hydrogens is 490 g/mol. The van der Waals surface area contributed by atoms with Crippen LogP contribution >= 0.6 is 11.8 Å². The van der Waals surface area contributed by atoms with Gasteiger partial charge >= 0.3 is 0 Å². The summed E-state index contributed by atoms with van der Waals surface area (Å²) in [5.74, 6) is -1.05. The fourth-order valence-electron chi connectivity index (χ4n) is 6.37. The molecule has 198 valence electrons. The number of ether oxygens (including phenoxy) is 1. The summed E-state index contributed by atoms with van der Waals surface area (Å²) < 4.78 is 4.39. The Morgan fingerprint density at radius 1 is 1.11 bits per heavy atom. The van der Waals surface area contributed by atoms with Crippen molar-refractivity contribution in [2.45, 2.75) is 42.3 Å². The molecule has 1 unspecified atom stereocenters. The van der Waals surface area contributed by atoms with Crippen LogP contribution in [0.15, 0.2) is 48.6 Å². The van der Waals surface area contributed by atoms with Gasteiger partial charge in [-0.15, -0.1) is 11.8 Å². The van der Waals surface area contributed by atoms with Crippen molar-refractivity contribution < 1.29 is 24.2 Å². The standard InChI is InChI=1S/C28H35N3O5S/c1-5-17(2)20(16-32)31-24-27(35)30(18-9-11-19(36-4)12-10-18)15-7-13-28(24)23(26(31)34)22-21(37-28)8-6-14-29(3)25(22)33/h6-13,17,20-24,32H,5,14-16H2,1-4H3/t17-,20-,21-,22+,23-,24?,28-/m0/s1. The Kier molecular flexibility index (Phi) is 6.87. The van der Waals surface area contributed by atoms with Crippen LogP contribution in [0.3, 0.4) is 0 Å². The molecule has 5 rings (SSSR count). The summed E-state index contributed by atoms with van der Waals surface area (Å²) in [4.78, 5) is 47.4. The molecule has 9 heteroatoms. The first kappa shape index (κ1) is 25.9. The number of anilines is 1. The molecule has 1 spiro atoms. The van der Waals surface area contributed by atoms with Gasteiger partial charge in [0.2, 0.25) is 11.8 Å². The first-order valence-corrected chi connectivity index (χ1v) is 13.8. The van der Waals surface area contributed by atoms with Gasteiger partial charge < -0.3 is 24.5 Å². The van der Waals surface area contributed by atoms with Crippen LogP contribution in [0.1, 0.15) is 20.3 Å². The summed E-state index contributed by atoms with van der Waals surface area (Å²) in [6.07, 6.45) is 8.72. The highest BCUT2D eigenvalue weighted by Crippen LogP contribution is 2.61. The van der Waals surface area contributed by atoms with Crippen molar-refractivity contribution >= 4 is 35.2 Å². The second-order valence-corrected chi connectivity index (χ2v) is 11.9. The van der Waals surface area contributed by atoms with Crippen molar-refractivity contribution in [1.29, 1.82) is 0 Å². The number of rotatable bonds is 6. The number of benzene rings is 1. The van der Waals surface area contributed by atoms with Gasteiger partial charge in [0.25, 0.3) is 5.91 Å². The molecule has 0 aliphatic carbocycles. The molecule has 0 aromatic heterocycles. The molecule has 37 heavy (non-hydrogen) atoms. The lowest BCUT2D eigenvalue weighted by atomic mass is 9.78. The lowest BCUT2D eigenvalue weighted by Gasteiger charge is -2.40. The van der Waals surface area contributed by atoms with Gasteiger partial charge in [-0.2, -0.15) is 0 Å². The Labute approximate surface area is 222 Å². The Hall–Kier alpha value is -2.78. The fraction of sp³-hybridized carbons (Fsp3) is 0.536. The number of likely N-dealkylation sites (tertiary alicyclic amines) is 1. The van der Waals surface area contributed by atoms with Gasteiger partial charge in [-0.1, -0.05) is 44.6 Å². The van der Waals surface area contributed by atoms with E-state index in [-0.39, 0.29) is 35.5 Å². The van der Waals surface area contributed by atoms with E-state index in [0.717, 1.165) is 6.42 Å². The molecule has 2 fully saturated rings. The summed E-state index contributed by atoms with van der Waals surface area (Å²) in [6, 6.07) is 5.94. The third-order valence-electron chi connectivity index (χ3n) is 8.53. The minimum Gasteiger partial charge on any atom is -0.497 e. The zero-order valence-corrected chi connectivity index (χ0v) is 22.6. The van der Waals surface area contributed by atoms with E-state index in [1.807, 2.05) is 62.4 Å². The molecule has 3 amide bonds. The van der Waals surface area contributed by atoms with E-state index in [1.165, 1.54) is 0 Å². The molecule has 4 aliphatic rings. The lowest BCUT2D eigenvalue weighted by Crippen LogP contribution is -2.58. The average Bonchev–Trinajstić information content (AvgIpc) is 3.23. The number of fused-ring (bicyclic) bond motifs is 2. The molecular formula is C28H35N3O5S. The normalized spacial score (nSPS) is 32.6. The Bertz CT molecular complexity index is 1140. The van der Waals surface area contributed by atoms with Crippen LogP contribution < -0.4 is 9.64 Å². The number of carbonyl (C=O) groups excluding carboxylic acids is 3. The van der Waals surface area contributed by atoms with Crippen molar-refractivity contribution in [3.63, 3.8) is 0 Å². The van der Waals surface area contributed by atoms with Crippen molar-refractivity contribution in [3.05, 3.63) is 48.6 Å². The van der Waals surface area contributed by atoms with Gasteiger partial charge in [0.05, 0.1) is 36.3 Å². The van der Waals surface area contributed by atoms with E-state index in [1.54, 1.807) is 40.6 Å². The predicted octanol–water partition coefficient (Wildman–Crippen LogP) is 2.33. The molecule has 8 nitrogen and oxygen atoms in total. The average molecular weight is 526 g/mol. The van der Waals surface area contributed by atoms with Crippen LogP contribution in [0.4, 0.5) is 5.69 Å². The molecule has 0 saturated carbocycles. The van der Waals surface area contributed by atoms with E-state index >= 15 is 0 Å². The van der Waals surface area contributed by atoms with Crippen LogP contribution in [0.5, 0.6) is 5.75 Å². The predicted molar refractivity (Wildman–Crippen MR) is 143 cm³/mol. The number of thioether (sulfide) groups is 1. The zero-order chi connectivity index (χ0) is 26.5. The van der Waals surface area contributed by atoms with Gasteiger partial charge in [0.15, 0.2) is 0 Å². The number of methoxy groups -OCH3 is 1. The van der Waals surface area contributed by atoms with E-state index in [4.69, 9.17) is 4.74 Å². The maximum atomic E-state index is 14.5. The number of carbonyl (C=O) groups is 3. The van der Waals surface area contributed by atoms with Gasteiger partial charge in [0.1, 0.15) is 11.8 Å². The maximum Gasteiger partial charge on any atom is 0.251 e. The molecule has 4 aliphatic heterocycles. The van der Waals surface area contributed by atoms with Gasteiger partial charge in [0, 0.05) is 31.1 Å². The number of hydrogen-bond donors (Lipinski definition) is 1. The number of nitrogens with zero attached hydrogens (tertiary/aromatic N) is 3. The van der Waals surface area contributed by atoms with E-state index in [0.29, 0.717) is 24.5 Å². The largest absolute Gasteiger partial charge is 0.497 e. The number of aliphatic hydroxyl groups excluding tert-OH is 1. The minimum atomic E-state index is -0.899. The Morgan fingerprint density at radius 3 is 2.49 bits per heavy atom. The zero-order valence-electron chi connectivity index (χ0n) is 21.7. The highest BCUT2D eigenvalue weighted by atomic mass is 32.2. The SMILES string of the molecule is CC[C@H](C)[C@H](CO)N1C(=O)[C@@H]2[C@@H]3C(=O)N(C)CC=C[C@@H]3S[C@@]23C=CCN(c2ccc(OC)cc2)C(=O)C13. The van der Waals surface area contributed by atoms with E-state index < -0.39 is 28.7 Å². The number of amides is 3. The smallest absolute Gasteiger partial charge is 0.251 e. The van der Waals surface area contributed by atoms with Crippen molar-refractivity contribution in [1.82, 2.24) is 9.80 Å². The molecule has 1 N–H and O–H groups in total. The van der Waals surface area contributed by atoms with Crippen LogP contribution in [-0.2, 0) is 14.4 Å². The number of likely N-dealkylation sites (N-methyl/N-ethyl adjacent to an activating group) is 1. The third kappa shape index (κ3) is 3.89. The van der Waals surface area contributed by atoms with E-state index in [2.05, 4.69) is 0 Å². The lowest BCUT2D eigenvalue weighted by molar-refractivity contribution is -0.145. The summed E-state index contributed by atoms with van der Waals surface area (Å²) in [6.45, 7) is 4.62. The topological polar surface area (TPSA) is 90.4 Å². The Balaban J connectivity index is 1.65. The van der Waals surface area contributed by atoms with Gasteiger partial charge in [-0.05, 0) is 30.2 Å². The fourth-order valence-corrected chi connectivity index (χ4v) is 8.36. The summed E-state index contributed by atoms with van der Waals surface area (Å²) in [5, 5.41) is 10.3. The molecule has 0 radical (unpaired) electrons. The number of aliphatic hydroxyl groups is 1. The molecule has 1 aromatic carbocycles. The molecule has 1 aromatic rings. The van der Waals surface area contributed by atoms with Gasteiger partial charge in [-0.3, -0.25) is 14.4 Å². The first-order valence-electron chi connectivity index (χ1n) is 12.9. The van der Waals surface area contributed by atoms with Crippen molar-refractivity contribution in [3.8, 4) is 5.75 Å². The second-order valence-electron chi connectivity index (χ2n) is 10.4. The van der Waals surface area contributed by atoms with Crippen LogP contribution in [0.2, 0.25) is 0 Å². The van der Waals surface area contributed by atoms with E-state index in [9.17, 15) is 19.5 Å². The minimum absolute atomic E-state index is 0.0208. The quantitative estimate of drug-likeness (QED) is 0.574. The van der Waals surface area contributed by atoms with Crippen LogP contribution in [0, 0.1) is 17.8 Å². The van der Waals surface area contributed by atoms with Crippen LogP contribution in [-0.4, -0.2) is 88.6 Å². The highest BCUT2D eigenvalue weighted by Gasteiger charge is 2.71. The molecule has 2 saturated heterocycles. The summed E-state index contributed by atoms with van der Waals surface area (Å²) in [7, 11) is 3.35. The molecule has 7 atom stereocenters. The maximum absolute atomic E-state index is 14.5. The van der Waals surface area contributed by atoms with Gasteiger partial charge in [-0.25, -0.2) is 0 Å². The van der Waals surface area contributed by atoms with Crippen molar-refractivity contribution in [2.75, 3.05) is 38.8 Å². The van der Waals surface area contributed by atoms with Crippen LogP contribution in [0.25, 0.3) is 0 Å². The monoisotopic (exact) mass is 525 g/mol. The molecule has 4 heterocycles. The summed E-state index contributed by atoms with van der Waals surface area (Å²) in [5.41, 5.74) is 0.709.